The quantitative estimate of drug-likeness (QED) is 0.0117. The van der Waals surface area contributed by atoms with Gasteiger partial charge in [0.25, 0.3) is 0 Å². The highest BCUT2D eigenvalue weighted by atomic mass is 31.2. The summed E-state index contributed by atoms with van der Waals surface area (Å²) in [6.07, 6.45) is 10.0. The molecule has 5 unspecified atom stereocenters. The summed E-state index contributed by atoms with van der Waals surface area (Å²) in [6.45, 7) is 75.6. The smallest absolute Gasteiger partial charge is 0.396 e. The number of phosphoric acid groups is 1. The van der Waals surface area contributed by atoms with E-state index < -0.39 is 27.6 Å². The van der Waals surface area contributed by atoms with Gasteiger partial charge in [-0.1, -0.05) is 111 Å². The van der Waals surface area contributed by atoms with Crippen LogP contribution in [-0.2, 0) is 108 Å². The predicted molar refractivity (Wildman–Crippen MR) is 572 cm³/mol. The molecule has 14 atom stereocenters. The van der Waals surface area contributed by atoms with Crippen LogP contribution in [0.15, 0.2) is 0 Å². The maximum atomic E-state index is 12.1. The summed E-state index contributed by atoms with van der Waals surface area (Å²) in [5, 5.41) is 57.2. The highest BCUT2D eigenvalue weighted by molar-refractivity contribution is 7.58. The molecule has 5 fully saturated rings. The third-order valence-corrected chi connectivity index (χ3v) is 24.7. The van der Waals surface area contributed by atoms with Gasteiger partial charge in [0.15, 0.2) is 0 Å². The maximum absolute atomic E-state index is 12.1. The number of amides is 4. The van der Waals surface area contributed by atoms with Gasteiger partial charge in [-0.15, -0.1) is 0 Å². The van der Waals surface area contributed by atoms with Gasteiger partial charge in [0.1, 0.15) is 29.9 Å². The van der Waals surface area contributed by atoms with E-state index in [-0.39, 0.29) is 233 Å². The molecule has 5 aliphatic rings. The number of β-amino-alcohol motifs (C(OH)–C–C–N with tert-alkyl or cyclic N) is 2. The number of rotatable bonds is 62. The summed E-state index contributed by atoms with van der Waals surface area (Å²) >= 11 is 0. The molecule has 37 nitrogen and oxygen atoms in total. The van der Waals surface area contributed by atoms with E-state index in [2.05, 4.69) is 96.4 Å². The lowest BCUT2D eigenvalue weighted by Gasteiger charge is -2.28. The number of nitrogens with one attached hydrogen (secondary N) is 3. The minimum absolute atomic E-state index is 0.00204. The molecular weight excluding hydrogens is 1910 g/mol. The number of carbonyl (C=O) groups is 8. The van der Waals surface area contributed by atoms with Crippen molar-refractivity contribution in [2.45, 2.75) is 447 Å². The number of Topliss-reactive ketones (excluding diaryl/α,β-unsaturated/α-hetero) is 4. The largest absolute Gasteiger partial charge is 0.472 e. The number of carbonyl (C=O) groups excluding carboxylic acids is 8. The van der Waals surface area contributed by atoms with Gasteiger partial charge in [0.05, 0.1) is 196 Å². The Morgan fingerprint density at radius 1 is 0.434 bits per heavy atom. The molecule has 860 valence electrons. The van der Waals surface area contributed by atoms with Crippen LogP contribution in [0, 0.1) is 47.3 Å². The fourth-order valence-electron chi connectivity index (χ4n) is 14.5. The molecule has 4 amide bonds. The number of ether oxygens (including phenoxy) is 10. The van der Waals surface area contributed by atoms with Gasteiger partial charge < -0.3 is 122 Å². The SMILES string of the molecule is C=P(O)(OCC1C[C@@H](O)C(C(C)C)N1)O[C@@H]1C[C@@H](COC(C)C)N(C(C)C)C1.CC(C)CCC(=O)N1C[C@@H](O)C[C@@H]1COC(C)C.CC(C)COC(C)C.CC(C)COP(=O)(O)OCCCOCC(CO)COCCCOC(C)C.CC(C)NCC(=O)CCOC(C)C.CC(C)OCNC(=O)CC(=O)C(C)C.CC(C)OC[C@H]1C[C@H](O)CN1C(=O)CC(=O)C(C)C.CC(C)O[C@H]1C[C@H](CO)N(C(=O)CC(=O)C(C)C)C1. The molecule has 5 rings (SSSR count). The van der Waals surface area contributed by atoms with E-state index in [1.807, 2.05) is 125 Å². The highest BCUT2D eigenvalue weighted by Gasteiger charge is 2.42. The minimum atomic E-state index is -3.98. The molecule has 5 saturated heterocycles. The zero-order valence-electron chi connectivity index (χ0n) is 96.2. The monoisotopic (exact) mass is 2120 g/mol. The van der Waals surface area contributed by atoms with Crippen LogP contribution in [0.2, 0.25) is 0 Å². The molecule has 0 aromatic heterocycles. The van der Waals surface area contributed by atoms with Crippen LogP contribution >= 0.6 is 15.4 Å². The molecule has 5 heterocycles. The topological polar surface area (TPSA) is 474 Å². The number of aliphatic hydroxyl groups excluding tert-OH is 5. The van der Waals surface area contributed by atoms with E-state index in [1.165, 1.54) is 0 Å². The Labute approximate surface area is 875 Å². The van der Waals surface area contributed by atoms with Crippen LogP contribution in [0.3, 0.4) is 0 Å². The van der Waals surface area contributed by atoms with E-state index in [0.29, 0.717) is 167 Å². The number of hydrogen-bond acceptors (Lipinski definition) is 32. The average Bonchev–Trinajstić information content (AvgIpc) is 1.69. The molecule has 39 heteroatoms. The van der Waals surface area contributed by atoms with Crippen molar-refractivity contribution in [3.63, 3.8) is 0 Å². The second-order valence-electron chi connectivity index (χ2n) is 43.6. The maximum Gasteiger partial charge on any atom is 0.472 e. The summed E-state index contributed by atoms with van der Waals surface area (Å²) in [7, 11) is -7.14. The van der Waals surface area contributed by atoms with Gasteiger partial charge in [-0.25, -0.2) is 4.57 Å². The van der Waals surface area contributed by atoms with E-state index in [0.717, 1.165) is 32.4 Å². The molecule has 0 aromatic carbocycles. The van der Waals surface area contributed by atoms with Crippen molar-refractivity contribution in [3.05, 3.63) is 0 Å². The Morgan fingerprint density at radius 2 is 0.883 bits per heavy atom. The molecule has 10 N–H and O–H groups in total. The van der Waals surface area contributed by atoms with Crippen molar-refractivity contribution in [1.82, 2.24) is 35.6 Å². The van der Waals surface area contributed by atoms with Crippen molar-refractivity contribution in [2.75, 3.05) is 139 Å². The van der Waals surface area contributed by atoms with Gasteiger partial charge in [-0.2, -0.15) is 0 Å². The lowest BCUT2D eigenvalue weighted by molar-refractivity contribution is -0.139. The normalized spacial score (nSPS) is 21.2. The molecule has 5 aliphatic heterocycles. The number of phosphoric ester groups is 1. The Hall–Kier alpha value is -3.87. The fourth-order valence-corrected chi connectivity index (χ4v) is 16.5. The van der Waals surface area contributed by atoms with Crippen LogP contribution in [-0.4, -0.2) is 374 Å². The van der Waals surface area contributed by atoms with Gasteiger partial charge in [0.2, 0.25) is 31.2 Å². The number of nitrogens with zero attached hydrogens (tertiary/aromatic N) is 4. The summed E-state index contributed by atoms with van der Waals surface area (Å²) in [4.78, 5) is 120. The standard InChI is InChI=1S/C20H41N2O5P.C17H37O8P.2C14H25NO4.C14H27NO3.C10H19NO3.C10H21NO2.C7H16O/c1-13(2)20-19(23)8-16(21-20)11-26-28(7,24)27-18-9-17(12-25-15(5)6)22(10-18)14(3)4;1-15(2)12-25-26(19,20)24-10-6-8-22-14-17(11-18)13-21-7-5-9-23-16(3)4;1-9(2)13(17)6-14(18)15-7-12(16)5-11(15)8-19-10(3)4;1-9(2)13(17)6-14(18)15-7-12(19-10(3)4)5-11(15)8-16;1-10(2)5-6-14(17)15-8-13(16)7-12(15)9-18-11(3)4;1-7(2)9(12)5-10(13)11-6-14-8(3)4;1-8(2)11-7-10(12)5-6-13-9(3)4;1-6(2)5-8-7(3)4/h13-21,23-24H,7-12H2,1-6H3;15-18H,5-14H2,1-4H3,(H,19,20);2*9-12,16H,5-8H2,1-4H3;10-13,16H,5-9H2,1-4H3;7-8H,5-6H2,1-4H3,(H,11,13);8-9,11H,5-7H2,1-4H3;6-7H,5H2,1-4H3/t16?,17-,18+,19+,20?,28?;;2*11-,12+;12-,13+;;;/m0.111.../s1. The van der Waals surface area contributed by atoms with E-state index in [4.69, 9.17) is 65.5 Å². The van der Waals surface area contributed by atoms with Gasteiger partial charge in [0, 0.05) is 119 Å². The zero-order valence-corrected chi connectivity index (χ0v) is 98.0. The Bertz CT molecular complexity index is 3430. The van der Waals surface area contributed by atoms with E-state index in [1.54, 1.807) is 56.2 Å². The third kappa shape index (κ3) is 77.2. The summed E-state index contributed by atoms with van der Waals surface area (Å²) in [5.41, 5.74) is 0. The van der Waals surface area contributed by atoms with Crippen molar-refractivity contribution < 1.29 is 144 Å². The molecule has 0 saturated carbocycles. The van der Waals surface area contributed by atoms with Crippen LogP contribution in [0.25, 0.3) is 0 Å². The Morgan fingerprint density at radius 3 is 1.30 bits per heavy atom. The molecular formula is C106H211N7O30P2. The highest BCUT2D eigenvalue weighted by Crippen LogP contribution is 2.47. The van der Waals surface area contributed by atoms with Crippen molar-refractivity contribution in [3.8, 4) is 0 Å². The number of likely N-dealkylation sites (tertiary alicyclic amines) is 4. The first-order valence-electron chi connectivity index (χ1n) is 53.7. The Kier molecular flexibility index (Phi) is 81.9. The molecule has 0 spiro atoms. The third-order valence-electron chi connectivity index (χ3n) is 22.6. The van der Waals surface area contributed by atoms with Gasteiger partial charge >= 0.3 is 7.82 Å². The first-order valence-corrected chi connectivity index (χ1v) is 56.9. The number of hydrogen-bond donors (Lipinski definition) is 10. The van der Waals surface area contributed by atoms with E-state index in [9.17, 15) is 78.2 Å². The lowest BCUT2D eigenvalue weighted by atomic mass is 10.0. The van der Waals surface area contributed by atoms with Crippen LogP contribution in [0.4, 0.5) is 0 Å². The van der Waals surface area contributed by atoms with Crippen LogP contribution < -0.4 is 16.0 Å². The number of aliphatic hydroxyl groups is 5. The van der Waals surface area contributed by atoms with Crippen molar-refractivity contribution in [1.29, 1.82) is 0 Å². The van der Waals surface area contributed by atoms with E-state index >= 15 is 0 Å². The number of ketones is 4. The summed E-state index contributed by atoms with van der Waals surface area (Å²) in [5.74, 6) is 0.756. The first-order chi connectivity index (χ1) is 67.4. The molecule has 0 bridgehead atoms. The second-order valence-corrected chi connectivity index (χ2v) is 46.8. The Balaban J connectivity index is -0.00000162. The molecule has 0 aliphatic carbocycles. The predicted octanol–water partition coefficient (Wildman–Crippen LogP) is 13.2. The average molecular weight is 2130 g/mol. The summed E-state index contributed by atoms with van der Waals surface area (Å²) < 4.78 is 87.5. The molecule has 145 heavy (non-hydrogen) atoms. The van der Waals surface area contributed by atoms with Gasteiger partial charge in [-0.3, -0.25) is 52.3 Å². The first kappa shape index (κ1) is 145. The van der Waals surface area contributed by atoms with Crippen molar-refractivity contribution >= 4 is 68.5 Å². The minimum Gasteiger partial charge on any atom is -0.396 e. The lowest BCUT2D eigenvalue weighted by Crippen LogP contribution is -2.40. The fraction of sp³-hybridized carbons (Fsp3) is 0.915. The van der Waals surface area contributed by atoms with Crippen LogP contribution in [0.1, 0.15) is 319 Å². The molecule has 0 aromatic rings. The summed E-state index contributed by atoms with van der Waals surface area (Å²) in [6, 6.07) is 0.775. The molecule has 0 radical (unpaired) electrons. The zero-order chi connectivity index (χ0) is 112. The van der Waals surface area contributed by atoms with Crippen molar-refractivity contribution in [2.24, 2.45) is 47.3 Å². The second kappa shape index (κ2) is 81.8. The van der Waals surface area contributed by atoms with Crippen LogP contribution in [0.5, 0.6) is 0 Å². The van der Waals surface area contributed by atoms with Gasteiger partial charge in [-0.05, 0) is 206 Å².